The van der Waals surface area contributed by atoms with E-state index in [1.54, 1.807) is 30.3 Å². The van der Waals surface area contributed by atoms with Crippen LogP contribution < -0.4 is 20.5 Å². The van der Waals surface area contributed by atoms with E-state index in [0.717, 1.165) is 11.1 Å². The van der Waals surface area contributed by atoms with Crippen molar-refractivity contribution in [1.29, 1.82) is 0 Å². The van der Waals surface area contributed by atoms with Gasteiger partial charge < -0.3 is 24.8 Å². The number of hydrogen-bond acceptors (Lipinski definition) is 4. The number of amides is 1. The van der Waals surface area contributed by atoms with Crippen LogP contribution in [0.4, 0.5) is 5.69 Å². The van der Waals surface area contributed by atoms with Crippen LogP contribution in [-0.4, -0.2) is 29.1 Å². The topological polar surface area (TPSA) is 96.2 Å². The summed E-state index contributed by atoms with van der Waals surface area (Å²) < 4.78 is 11.0. The summed E-state index contributed by atoms with van der Waals surface area (Å²) in [5, 5.41) is 2.84. The standard InChI is InChI=1S/C17H15N3O4/c21-16(8-10-1-3-12-13(7-10)20-17(22)19-12)18-11-2-4-14-15(9-11)24-6-5-23-14/h1-4,7,9H,5-6,8H2,(H,18,21)(H2,19,20,22). The molecule has 7 heteroatoms. The van der Waals surface area contributed by atoms with Crippen molar-refractivity contribution in [2.24, 2.45) is 0 Å². The zero-order chi connectivity index (χ0) is 16.5. The number of carbonyl (C=O) groups excluding carboxylic acids is 1. The van der Waals surface area contributed by atoms with Crippen molar-refractivity contribution in [2.45, 2.75) is 6.42 Å². The molecule has 0 saturated carbocycles. The van der Waals surface area contributed by atoms with Crippen LogP contribution >= 0.6 is 0 Å². The lowest BCUT2D eigenvalue weighted by Crippen LogP contribution is -2.17. The molecule has 24 heavy (non-hydrogen) atoms. The molecule has 1 aliphatic heterocycles. The SMILES string of the molecule is O=C(Cc1ccc2[nH]c(=O)[nH]c2c1)Nc1ccc2c(c1)OCCO2. The third-order valence-electron chi connectivity index (χ3n) is 3.77. The van der Waals surface area contributed by atoms with Crippen molar-refractivity contribution >= 4 is 22.6 Å². The van der Waals surface area contributed by atoms with Crippen LogP contribution in [0.15, 0.2) is 41.2 Å². The highest BCUT2D eigenvalue weighted by atomic mass is 16.6. The number of fused-ring (bicyclic) bond motifs is 2. The number of ether oxygens (including phenoxy) is 2. The Morgan fingerprint density at radius 3 is 2.67 bits per heavy atom. The van der Waals surface area contributed by atoms with E-state index in [-0.39, 0.29) is 18.0 Å². The number of carbonyl (C=O) groups is 1. The van der Waals surface area contributed by atoms with Crippen LogP contribution in [0.5, 0.6) is 11.5 Å². The van der Waals surface area contributed by atoms with E-state index in [1.807, 2.05) is 6.07 Å². The smallest absolute Gasteiger partial charge is 0.323 e. The molecular formula is C17H15N3O4. The average Bonchev–Trinajstić information content (AvgIpc) is 2.94. The van der Waals surface area contributed by atoms with E-state index in [0.29, 0.717) is 35.9 Å². The first-order chi connectivity index (χ1) is 11.7. The van der Waals surface area contributed by atoms with E-state index in [9.17, 15) is 9.59 Å². The Hall–Kier alpha value is -3.22. The van der Waals surface area contributed by atoms with Gasteiger partial charge in [-0.25, -0.2) is 4.79 Å². The molecule has 3 N–H and O–H groups in total. The van der Waals surface area contributed by atoms with Gasteiger partial charge in [-0.3, -0.25) is 4.79 Å². The highest BCUT2D eigenvalue weighted by Gasteiger charge is 2.13. The number of aromatic amines is 2. The minimum absolute atomic E-state index is 0.149. The molecule has 2 heterocycles. The Morgan fingerprint density at radius 2 is 1.79 bits per heavy atom. The highest BCUT2D eigenvalue weighted by molar-refractivity contribution is 5.93. The summed E-state index contributed by atoms with van der Waals surface area (Å²) in [5.74, 6) is 1.16. The second kappa shape index (κ2) is 5.77. The largest absolute Gasteiger partial charge is 0.486 e. The van der Waals surface area contributed by atoms with Gasteiger partial charge in [-0.2, -0.15) is 0 Å². The van der Waals surface area contributed by atoms with E-state index in [4.69, 9.17) is 9.47 Å². The Kier molecular flexibility index (Phi) is 3.45. The number of hydrogen-bond donors (Lipinski definition) is 3. The zero-order valence-electron chi connectivity index (χ0n) is 12.7. The van der Waals surface area contributed by atoms with Crippen molar-refractivity contribution in [3.63, 3.8) is 0 Å². The monoisotopic (exact) mass is 325 g/mol. The van der Waals surface area contributed by atoms with E-state index in [2.05, 4.69) is 15.3 Å². The number of benzene rings is 2. The molecule has 7 nitrogen and oxygen atoms in total. The van der Waals surface area contributed by atoms with Gasteiger partial charge in [0.15, 0.2) is 11.5 Å². The van der Waals surface area contributed by atoms with Crippen LogP contribution in [0.2, 0.25) is 0 Å². The second-order valence-electron chi connectivity index (χ2n) is 5.54. The fourth-order valence-corrected chi connectivity index (χ4v) is 2.70. The number of H-pyrrole nitrogens is 2. The molecule has 0 atom stereocenters. The predicted octanol–water partition coefficient (Wildman–Crippen LogP) is 1.81. The van der Waals surface area contributed by atoms with Crippen molar-refractivity contribution < 1.29 is 14.3 Å². The van der Waals surface area contributed by atoms with E-state index in [1.165, 1.54) is 0 Å². The van der Waals surface area contributed by atoms with Crippen molar-refractivity contribution in [1.82, 2.24) is 9.97 Å². The van der Waals surface area contributed by atoms with E-state index >= 15 is 0 Å². The van der Waals surface area contributed by atoms with Crippen LogP contribution in [-0.2, 0) is 11.2 Å². The molecule has 3 aromatic rings. The zero-order valence-corrected chi connectivity index (χ0v) is 12.7. The van der Waals surface area contributed by atoms with Gasteiger partial charge >= 0.3 is 5.69 Å². The van der Waals surface area contributed by atoms with Gasteiger partial charge in [0.2, 0.25) is 5.91 Å². The molecule has 1 aliphatic rings. The second-order valence-corrected chi connectivity index (χ2v) is 5.54. The van der Waals surface area contributed by atoms with Crippen LogP contribution in [0.25, 0.3) is 11.0 Å². The number of imidazole rings is 1. The summed E-state index contributed by atoms with van der Waals surface area (Å²) in [6, 6.07) is 10.7. The fraction of sp³-hybridized carbons (Fsp3) is 0.176. The molecule has 122 valence electrons. The lowest BCUT2D eigenvalue weighted by Gasteiger charge is -2.19. The summed E-state index contributed by atoms with van der Waals surface area (Å²) >= 11 is 0. The first kappa shape index (κ1) is 14.4. The molecule has 2 aromatic carbocycles. The summed E-state index contributed by atoms with van der Waals surface area (Å²) in [5.41, 5.74) is 2.61. The summed E-state index contributed by atoms with van der Waals surface area (Å²) in [7, 11) is 0. The average molecular weight is 325 g/mol. The van der Waals surface area contributed by atoms with Crippen molar-refractivity contribution in [3.8, 4) is 11.5 Å². The molecule has 0 spiro atoms. The molecule has 0 aliphatic carbocycles. The van der Waals surface area contributed by atoms with Gasteiger partial charge in [0.1, 0.15) is 13.2 Å². The maximum atomic E-state index is 12.2. The van der Waals surface area contributed by atoms with Gasteiger partial charge in [-0.15, -0.1) is 0 Å². The Balaban J connectivity index is 1.48. The Bertz CT molecular complexity index is 973. The molecule has 0 radical (unpaired) electrons. The lowest BCUT2D eigenvalue weighted by atomic mass is 10.1. The number of nitrogens with one attached hydrogen (secondary N) is 3. The maximum absolute atomic E-state index is 12.2. The van der Waals surface area contributed by atoms with Gasteiger partial charge in [0, 0.05) is 11.8 Å². The number of rotatable bonds is 3. The quantitative estimate of drug-likeness (QED) is 0.684. The fourth-order valence-electron chi connectivity index (χ4n) is 2.70. The Labute approximate surface area is 136 Å². The third kappa shape index (κ3) is 2.83. The van der Waals surface area contributed by atoms with Crippen molar-refractivity contribution in [2.75, 3.05) is 18.5 Å². The van der Waals surface area contributed by atoms with Gasteiger partial charge in [-0.1, -0.05) is 6.07 Å². The molecule has 0 fully saturated rings. The highest BCUT2D eigenvalue weighted by Crippen LogP contribution is 2.32. The Morgan fingerprint density at radius 1 is 1.00 bits per heavy atom. The van der Waals surface area contributed by atoms with Gasteiger partial charge in [0.25, 0.3) is 0 Å². The van der Waals surface area contributed by atoms with Crippen LogP contribution in [0.3, 0.4) is 0 Å². The molecule has 0 saturated heterocycles. The summed E-state index contributed by atoms with van der Waals surface area (Å²) in [6.07, 6.45) is 0.206. The summed E-state index contributed by atoms with van der Waals surface area (Å²) in [6.45, 7) is 1.03. The summed E-state index contributed by atoms with van der Waals surface area (Å²) in [4.78, 5) is 28.8. The molecular weight excluding hydrogens is 310 g/mol. The molecule has 1 aromatic heterocycles. The minimum atomic E-state index is -0.261. The van der Waals surface area contributed by atoms with Crippen LogP contribution in [0.1, 0.15) is 5.56 Å². The van der Waals surface area contributed by atoms with Crippen molar-refractivity contribution in [3.05, 3.63) is 52.4 Å². The van der Waals surface area contributed by atoms with Crippen LogP contribution in [0, 0.1) is 0 Å². The number of aromatic nitrogens is 2. The minimum Gasteiger partial charge on any atom is -0.486 e. The first-order valence-corrected chi connectivity index (χ1v) is 7.58. The first-order valence-electron chi connectivity index (χ1n) is 7.58. The third-order valence-corrected chi connectivity index (χ3v) is 3.77. The lowest BCUT2D eigenvalue weighted by molar-refractivity contribution is -0.115. The molecule has 0 unspecified atom stereocenters. The van der Waals surface area contributed by atoms with Gasteiger partial charge in [0.05, 0.1) is 17.5 Å². The van der Waals surface area contributed by atoms with E-state index < -0.39 is 0 Å². The molecule has 1 amide bonds. The normalized spacial score (nSPS) is 13.0. The predicted molar refractivity (Wildman–Crippen MR) is 88.7 cm³/mol. The van der Waals surface area contributed by atoms with Gasteiger partial charge in [-0.05, 0) is 29.8 Å². The molecule has 0 bridgehead atoms. The maximum Gasteiger partial charge on any atom is 0.323 e. The number of anilines is 1. The molecule has 4 rings (SSSR count).